The smallest absolute Gasteiger partial charge is 0.0406 e. The van der Waals surface area contributed by atoms with Gasteiger partial charge >= 0.3 is 0 Å². The molecule has 0 saturated carbocycles. The van der Waals surface area contributed by atoms with Crippen LogP contribution in [0.3, 0.4) is 0 Å². The van der Waals surface area contributed by atoms with Crippen molar-refractivity contribution in [1.82, 2.24) is 10.6 Å². The van der Waals surface area contributed by atoms with Gasteiger partial charge in [0, 0.05) is 23.1 Å². The van der Waals surface area contributed by atoms with Crippen molar-refractivity contribution in [2.24, 2.45) is 0 Å². The van der Waals surface area contributed by atoms with Crippen LogP contribution in [0.4, 0.5) is 0 Å². The van der Waals surface area contributed by atoms with Gasteiger partial charge in [0.15, 0.2) is 0 Å². The van der Waals surface area contributed by atoms with E-state index < -0.39 is 0 Å². The van der Waals surface area contributed by atoms with Crippen LogP contribution in [0.1, 0.15) is 44.7 Å². The molecule has 1 heterocycles. The van der Waals surface area contributed by atoms with E-state index in [1.165, 1.54) is 31.4 Å². The Bertz CT molecular complexity index is 357. The van der Waals surface area contributed by atoms with E-state index in [-0.39, 0.29) is 0 Å². The van der Waals surface area contributed by atoms with Crippen LogP contribution in [0.15, 0.2) is 24.3 Å². The summed E-state index contributed by atoms with van der Waals surface area (Å²) < 4.78 is 0. The Morgan fingerprint density at radius 2 is 2.06 bits per heavy atom. The zero-order valence-electron chi connectivity index (χ0n) is 11.2. The van der Waals surface area contributed by atoms with E-state index in [4.69, 9.17) is 11.6 Å². The number of hydrogen-bond acceptors (Lipinski definition) is 2. The minimum absolute atomic E-state index is 0.374. The molecule has 0 amide bonds. The van der Waals surface area contributed by atoms with E-state index in [2.05, 4.69) is 36.6 Å². The van der Waals surface area contributed by atoms with Crippen LogP contribution >= 0.6 is 11.6 Å². The van der Waals surface area contributed by atoms with Crippen molar-refractivity contribution in [2.45, 2.75) is 51.2 Å². The van der Waals surface area contributed by atoms with Gasteiger partial charge in [-0.2, -0.15) is 0 Å². The molecule has 0 radical (unpaired) electrons. The highest BCUT2D eigenvalue weighted by Gasteiger charge is 2.18. The van der Waals surface area contributed by atoms with E-state index in [1.807, 2.05) is 12.1 Å². The third-order valence-corrected chi connectivity index (χ3v) is 3.96. The van der Waals surface area contributed by atoms with Gasteiger partial charge in [0.2, 0.25) is 0 Å². The summed E-state index contributed by atoms with van der Waals surface area (Å²) >= 11 is 5.91. The van der Waals surface area contributed by atoms with E-state index in [0.717, 1.165) is 5.02 Å². The Labute approximate surface area is 115 Å². The fourth-order valence-corrected chi connectivity index (χ4v) is 2.85. The molecule has 1 aromatic rings. The molecule has 100 valence electrons. The monoisotopic (exact) mass is 266 g/mol. The molecule has 0 bridgehead atoms. The summed E-state index contributed by atoms with van der Waals surface area (Å²) in [5.41, 5.74) is 1.30. The summed E-state index contributed by atoms with van der Waals surface area (Å²) in [6.45, 7) is 5.67. The third kappa shape index (κ3) is 3.98. The lowest BCUT2D eigenvalue weighted by Gasteiger charge is -2.23. The molecule has 2 N–H and O–H groups in total. The minimum Gasteiger partial charge on any atom is -0.314 e. The topological polar surface area (TPSA) is 24.1 Å². The molecule has 2 rings (SSSR count). The quantitative estimate of drug-likeness (QED) is 0.852. The Kier molecular flexibility index (Phi) is 5.04. The van der Waals surface area contributed by atoms with Crippen molar-refractivity contribution < 1.29 is 0 Å². The van der Waals surface area contributed by atoms with Gasteiger partial charge in [-0.15, -0.1) is 0 Å². The first-order valence-electron chi connectivity index (χ1n) is 6.90. The van der Waals surface area contributed by atoms with Crippen LogP contribution in [-0.4, -0.2) is 18.6 Å². The molecule has 3 atom stereocenters. The van der Waals surface area contributed by atoms with Crippen molar-refractivity contribution in [2.75, 3.05) is 6.54 Å². The second-order valence-electron chi connectivity index (χ2n) is 5.37. The Morgan fingerprint density at radius 3 is 2.67 bits per heavy atom. The average molecular weight is 267 g/mol. The lowest BCUT2D eigenvalue weighted by Crippen LogP contribution is -2.35. The normalized spacial score (nSPS) is 22.9. The van der Waals surface area contributed by atoms with Gasteiger partial charge in [0.25, 0.3) is 0 Å². The molecule has 1 saturated heterocycles. The van der Waals surface area contributed by atoms with E-state index in [1.54, 1.807) is 0 Å². The van der Waals surface area contributed by atoms with Crippen LogP contribution in [0, 0.1) is 0 Å². The van der Waals surface area contributed by atoms with Gasteiger partial charge in [0.1, 0.15) is 0 Å². The maximum atomic E-state index is 5.91. The van der Waals surface area contributed by atoms with Gasteiger partial charge in [0.05, 0.1) is 0 Å². The molecule has 2 unspecified atom stereocenters. The van der Waals surface area contributed by atoms with Crippen molar-refractivity contribution in [1.29, 1.82) is 0 Å². The van der Waals surface area contributed by atoms with Crippen LogP contribution in [0.5, 0.6) is 0 Å². The lowest BCUT2D eigenvalue weighted by molar-refractivity contribution is 0.407. The standard InChI is InChI=1S/C15H23ClN2/c1-11(10-15-4-3-9-17-15)18-12(2)13-5-7-14(16)8-6-13/h5-8,11-12,15,17-18H,3-4,9-10H2,1-2H3/t11?,12-,15?/m1/s1. The zero-order chi connectivity index (χ0) is 13.0. The molecule has 3 heteroatoms. The lowest BCUT2D eigenvalue weighted by atomic mass is 10.0. The summed E-state index contributed by atoms with van der Waals surface area (Å²) in [5, 5.41) is 8.01. The van der Waals surface area contributed by atoms with Crippen molar-refractivity contribution in [3.8, 4) is 0 Å². The molecule has 0 aliphatic carbocycles. The summed E-state index contributed by atoms with van der Waals surface area (Å²) in [6, 6.07) is 9.72. The van der Waals surface area contributed by atoms with Crippen molar-refractivity contribution in [3.05, 3.63) is 34.9 Å². The molecule has 1 aliphatic heterocycles. The first-order valence-corrected chi connectivity index (χ1v) is 7.28. The Morgan fingerprint density at radius 1 is 1.33 bits per heavy atom. The fourth-order valence-electron chi connectivity index (χ4n) is 2.73. The molecule has 1 aromatic carbocycles. The Balaban J connectivity index is 1.82. The van der Waals surface area contributed by atoms with Crippen LogP contribution in [-0.2, 0) is 0 Å². The number of rotatable bonds is 5. The van der Waals surface area contributed by atoms with Crippen LogP contribution in [0.25, 0.3) is 0 Å². The van der Waals surface area contributed by atoms with Gasteiger partial charge in [-0.25, -0.2) is 0 Å². The van der Waals surface area contributed by atoms with Crippen molar-refractivity contribution in [3.63, 3.8) is 0 Å². The number of benzene rings is 1. The first kappa shape index (κ1) is 13.9. The SMILES string of the molecule is CC(CC1CCCN1)N[C@H](C)c1ccc(Cl)cc1. The third-order valence-electron chi connectivity index (χ3n) is 3.70. The van der Waals surface area contributed by atoms with Gasteiger partial charge in [-0.1, -0.05) is 23.7 Å². The van der Waals surface area contributed by atoms with E-state index in [0.29, 0.717) is 18.1 Å². The molecule has 0 spiro atoms. The molecular weight excluding hydrogens is 244 g/mol. The summed E-state index contributed by atoms with van der Waals surface area (Å²) in [5.74, 6) is 0. The largest absolute Gasteiger partial charge is 0.314 e. The molecular formula is C15H23ClN2. The number of hydrogen-bond donors (Lipinski definition) is 2. The fraction of sp³-hybridized carbons (Fsp3) is 0.600. The van der Waals surface area contributed by atoms with Gasteiger partial charge < -0.3 is 10.6 Å². The van der Waals surface area contributed by atoms with E-state index in [9.17, 15) is 0 Å². The average Bonchev–Trinajstić information content (AvgIpc) is 2.82. The second kappa shape index (κ2) is 6.55. The predicted octanol–water partition coefficient (Wildman–Crippen LogP) is 3.52. The van der Waals surface area contributed by atoms with Crippen LogP contribution in [0.2, 0.25) is 5.02 Å². The van der Waals surface area contributed by atoms with Gasteiger partial charge in [-0.05, 0) is 57.4 Å². The van der Waals surface area contributed by atoms with Crippen molar-refractivity contribution >= 4 is 11.6 Å². The maximum absolute atomic E-state index is 5.91. The van der Waals surface area contributed by atoms with Crippen LogP contribution < -0.4 is 10.6 Å². The maximum Gasteiger partial charge on any atom is 0.0406 e. The second-order valence-corrected chi connectivity index (χ2v) is 5.81. The molecule has 18 heavy (non-hydrogen) atoms. The summed E-state index contributed by atoms with van der Waals surface area (Å²) in [4.78, 5) is 0. The summed E-state index contributed by atoms with van der Waals surface area (Å²) in [6.07, 6.45) is 3.85. The molecule has 1 fully saturated rings. The highest BCUT2D eigenvalue weighted by Crippen LogP contribution is 2.18. The molecule has 0 aromatic heterocycles. The molecule has 1 aliphatic rings. The predicted molar refractivity (Wildman–Crippen MR) is 78.1 cm³/mol. The summed E-state index contributed by atoms with van der Waals surface area (Å²) in [7, 11) is 0. The molecule has 2 nitrogen and oxygen atoms in total. The van der Waals surface area contributed by atoms with E-state index >= 15 is 0 Å². The zero-order valence-corrected chi connectivity index (χ0v) is 12.0. The highest BCUT2D eigenvalue weighted by atomic mass is 35.5. The number of nitrogens with one attached hydrogen (secondary N) is 2. The number of halogens is 1. The van der Waals surface area contributed by atoms with Gasteiger partial charge in [-0.3, -0.25) is 0 Å². The first-order chi connectivity index (χ1) is 8.65. The Hall–Kier alpha value is -0.570. The minimum atomic E-state index is 0.374. The highest BCUT2D eigenvalue weighted by molar-refractivity contribution is 6.30.